The SMILES string of the molecule is CC(C)(C)C1CCc2c(sc(NC(=O)C=Cc3ccccc3Cl)c2C(N)=O)C1. The Balaban J connectivity index is 1.83. The normalized spacial score (nSPS) is 16.8. The quantitative estimate of drug-likeness (QED) is 0.663. The minimum Gasteiger partial charge on any atom is -0.365 e. The molecule has 0 fully saturated rings. The molecule has 2 aromatic rings. The Morgan fingerprint density at radius 2 is 2.00 bits per heavy atom. The average molecular weight is 417 g/mol. The zero-order valence-electron chi connectivity index (χ0n) is 16.3. The molecule has 6 heteroatoms. The first kappa shape index (κ1) is 20.6. The van der Waals surface area contributed by atoms with Gasteiger partial charge in [-0.15, -0.1) is 11.3 Å². The lowest BCUT2D eigenvalue weighted by Gasteiger charge is -2.33. The predicted octanol–water partition coefficient (Wildman–Crippen LogP) is 5.30. The van der Waals surface area contributed by atoms with Crippen LogP contribution in [0.3, 0.4) is 0 Å². The number of carbonyl (C=O) groups excluding carboxylic acids is 2. The van der Waals surface area contributed by atoms with Gasteiger partial charge < -0.3 is 11.1 Å². The molecule has 4 nitrogen and oxygen atoms in total. The average Bonchev–Trinajstić information content (AvgIpc) is 2.97. The van der Waals surface area contributed by atoms with Crippen LogP contribution in [0, 0.1) is 11.3 Å². The van der Waals surface area contributed by atoms with E-state index in [1.54, 1.807) is 12.1 Å². The number of nitrogens with two attached hydrogens (primary N) is 1. The second kappa shape index (κ2) is 8.10. The van der Waals surface area contributed by atoms with Crippen LogP contribution < -0.4 is 11.1 Å². The van der Waals surface area contributed by atoms with Gasteiger partial charge in [0.15, 0.2) is 0 Å². The van der Waals surface area contributed by atoms with Gasteiger partial charge >= 0.3 is 0 Å². The van der Waals surface area contributed by atoms with Crippen molar-refractivity contribution in [2.45, 2.75) is 40.0 Å². The lowest BCUT2D eigenvalue weighted by Crippen LogP contribution is -2.27. The molecule has 0 spiro atoms. The summed E-state index contributed by atoms with van der Waals surface area (Å²) in [4.78, 5) is 25.7. The summed E-state index contributed by atoms with van der Waals surface area (Å²) in [7, 11) is 0. The summed E-state index contributed by atoms with van der Waals surface area (Å²) in [5.74, 6) is -0.256. The van der Waals surface area contributed by atoms with Gasteiger partial charge in [-0.25, -0.2) is 0 Å². The molecule has 1 aliphatic rings. The Morgan fingerprint density at radius 1 is 1.29 bits per heavy atom. The Kier molecular flexibility index (Phi) is 5.96. The van der Waals surface area contributed by atoms with Crippen LogP contribution in [0.25, 0.3) is 6.08 Å². The maximum Gasteiger partial charge on any atom is 0.251 e. The minimum absolute atomic E-state index is 0.204. The van der Waals surface area contributed by atoms with E-state index in [-0.39, 0.29) is 11.3 Å². The highest BCUT2D eigenvalue weighted by molar-refractivity contribution is 7.17. The van der Waals surface area contributed by atoms with Crippen LogP contribution in [0.4, 0.5) is 5.00 Å². The van der Waals surface area contributed by atoms with Gasteiger partial charge in [-0.2, -0.15) is 0 Å². The highest BCUT2D eigenvalue weighted by Gasteiger charge is 2.33. The van der Waals surface area contributed by atoms with E-state index in [4.69, 9.17) is 17.3 Å². The summed E-state index contributed by atoms with van der Waals surface area (Å²) < 4.78 is 0. The zero-order chi connectivity index (χ0) is 20.5. The Morgan fingerprint density at radius 3 is 2.64 bits per heavy atom. The third-order valence-corrected chi connectivity index (χ3v) is 6.81. The first-order valence-corrected chi connectivity index (χ1v) is 10.5. The molecule has 1 aromatic carbocycles. The van der Waals surface area contributed by atoms with E-state index in [0.29, 0.717) is 21.5 Å². The van der Waals surface area contributed by atoms with Gasteiger partial charge in [0.05, 0.1) is 5.56 Å². The van der Waals surface area contributed by atoms with Gasteiger partial charge in [-0.1, -0.05) is 50.6 Å². The number of carbonyl (C=O) groups is 2. The van der Waals surface area contributed by atoms with Crippen LogP contribution in [-0.2, 0) is 17.6 Å². The van der Waals surface area contributed by atoms with Crippen LogP contribution >= 0.6 is 22.9 Å². The van der Waals surface area contributed by atoms with Crippen molar-refractivity contribution in [3.05, 3.63) is 56.9 Å². The second-order valence-corrected chi connectivity index (χ2v) is 9.73. The lowest BCUT2D eigenvalue weighted by atomic mass is 9.72. The van der Waals surface area contributed by atoms with Crippen molar-refractivity contribution in [2.75, 3.05) is 5.32 Å². The molecule has 1 aromatic heterocycles. The van der Waals surface area contributed by atoms with Crippen LogP contribution in [-0.4, -0.2) is 11.8 Å². The number of rotatable bonds is 4. The predicted molar refractivity (Wildman–Crippen MR) is 117 cm³/mol. The molecule has 3 rings (SSSR count). The first-order chi connectivity index (χ1) is 13.2. The molecule has 148 valence electrons. The summed E-state index contributed by atoms with van der Waals surface area (Å²) in [5.41, 5.74) is 8.07. The molecular weight excluding hydrogens is 392 g/mol. The molecule has 0 saturated heterocycles. The van der Waals surface area contributed by atoms with E-state index in [9.17, 15) is 9.59 Å². The number of anilines is 1. The fourth-order valence-electron chi connectivity index (χ4n) is 3.60. The highest BCUT2D eigenvalue weighted by Crippen LogP contribution is 2.44. The molecule has 0 aliphatic heterocycles. The molecule has 2 amide bonds. The summed E-state index contributed by atoms with van der Waals surface area (Å²) in [6.07, 6.45) is 5.83. The largest absolute Gasteiger partial charge is 0.365 e. The number of halogens is 1. The Labute approximate surface area is 174 Å². The van der Waals surface area contributed by atoms with Crippen molar-refractivity contribution in [2.24, 2.45) is 17.1 Å². The second-order valence-electron chi connectivity index (χ2n) is 8.22. The van der Waals surface area contributed by atoms with E-state index in [1.165, 1.54) is 17.4 Å². The number of nitrogens with one attached hydrogen (secondary N) is 1. The van der Waals surface area contributed by atoms with Crippen molar-refractivity contribution < 1.29 is 9.59 Å². The van der Waals surface area contributed by atoms with Crippen molar-refractivity contribution >= 4 is 45.8 Å². The Bertz CT molecular complexity index is 940. The van der Waals surface area contributed by atoms with Crippen LogP contribution in [0.15, 0.2) is 30.3 Å². The van der Waals surface area contributed by atoms with Crippen LogP contribution in [0.5, 0.6) is 0 Å². The zero-order valence-corrected chi connectivity index (χ0v) is 17.9. The fraction of sp³-hybridized carbons (Fsp3) is 0.364. The molecule has 28 heavy (non-hydrogen) atoms. The molecule has 0 radical (unpaired) electrons. The smallest absolute Gasteiger partial charge is 0.251 e. The Hall–Kier alpha value is -2.11. The minimum atomic E-state index is -0.489. The molecule has 1 heterocycles. The molecule has 0 saturated carbocycles. The van der Waals surface area contributed by atoms with Gasteiger partial charge in [0.25, 0.3) is 5.91 Å². The number of thiophene rings is 1. The number of primary amides is 1. The summed E-state index contributed by atoms with van der Waals surface area (Å²) in [6, 6.07) is 7.29. The van der Waals surface area contributed by atoms with Gasteiger partial charge in [0, 0.05) is 16.0 Å². The van der Waals surface area contributed by atoms with E-state index >= 15 is 0 Å². The third-order valence-electron chi connectivity index (χ3n) is 5.29. The molecule has 1 unspecified atom stereocenters. The fourth-order valence-corrected chi connectivity index (χ4v) is 5.14. The topological polar surface area (TPSA) is 72.2 Å². The summed E-state index contributed by atoms with van der Waals surface area (Å²) >= 11 is 7.58. The van der Waals surface area contributed by atoms with Crippen molar-refractivity contribution in [3.63, 3.8) is 0 Å². The van der Waals surface area contributed by atoms with Crippen molar-refractivity contribution in [1.82, 2.24) is 0 Å². The van der Waals surface area contributed by atoms with Crippen LogP contribution in [0.2, 0.25) is 5.02 Å². The maximum absolute atomic E-state index is 12.4. The third kappa shape index (κ3) is 4.47. The highest BCUT2D eigenvalue weighted by atomic mass is 35.5. The lowest BCUT2D eigenvalue weighted by molar-refractivity contribution is -0.111. The summed E-state index contributed by atoms with van der Waals surface area (Å²) in [5, 5.41) is 3.96. The van der Waals surface area contributed by atoms with Crippen molar-refractivity contribution in [1.29, 1.82) is 0 Å². The van der Waals surface area contributed by atoms with E-state index in [0.717, 1.165) is 35.3 Å². The van der Waals surface area contributed by atoms with E-state index < -0.39 is 5.91 Å². The number of fused-ring (bicyclic) bond motifs is 1. The first-order valence-electron chi connectivity index (χ1n) is 9.34. The number of hydrogen-bond acceptors (Lipinski definition) is 3. The maximum atomic E-state index is 12.4. The monoisotopic (exact) mass is 416 g/mol. The van der Waals surface area contributed by atoms with Gasteiger partial charge in [0.2, 0.25) is 5.91 Å². The van der Waals surface area contributed by atoms with Gasteiger partial charge in [-0.05, 0) is 53.9 Å². The van der Waals surface area contributed by atoms with Gasteiger partial charge in [0.1, 0.15) is 5.00 Å². The number of benzene rings is 1. The van der Waals surface area contributed by atoms with Crippen LogP contribution in [0.1, 0.15) is 53.6 Å². The van der Waals surface area contributed by atoms with E-state index in [2.05, 4.69) is 26.1 Å². The van der Waals surface area contributed by atoms with Gasteiger partial charge in [-0.3, -0.25) is 9.59 Å². The van der Waals surface area contributed by atoms with Crippen molar-refractivity contribution in [3.8, 4) is 0 Å². The number of amides is 2. The van der Waals surface area contributed by atoms with E-state index in [1.807, 2.05) is 18.2 Å². The molecule has 1 atom stereocenters. The molecular formula is C22H25ClN2O2S. The number of hydrogen-bond donors (Lipinski definition) is 2. The summed E-state index contributed by atoms with van der Waals surface area (Å²) in [6.45, 7) is 6.73. The standard InChI is InChI=1S/C22H25ClN2O2S/c1-22(2,3)14-9-10-15-17(12-14)28-21(19(15)20(24)27)25-18(26)11-8-13-6-4-5-7-16(13)23/h4-8,11,14H,9-10,12H2,1-3H3,(H2,24,27)(H,25,26). The molecule has 0 bridgehead atoms. The molecule has 1 aliphatic carbocycles. The molecule has 3 N–H and O–H groups in total.